The van der Waals surface area contributed by atoms with Crippen LogP contribution in [0.1, 0.15) is 24.2 Å². The van der Waals surface area contributed by atoms with E-state index in [0.717, 1.165) is 5.56 Å². The predicted molar refractivity (Wildman–Crippen MR) is 112 cm³/mol. The fraction of sp³-hybridized carbons (Fsp3) is 0.200. The molecule has 0 aliphatic rings. The van der Waals surface area contributed by atoms with Crippen LogP contribution >= 0.6 is 23.4 Å². The van der Waals surface area contributed by atoms with Gasteiger partial charge in [-0.3, -0.25) is 9.59 Å². The number of ketones is 1. The number of hydrogen-bond acceptors (Lipinski definition) is 5. The summed E-state index contributed by atoms with van der Waals surface area (Å²) in [6, 6.07) is 14.3. The quantitative estimate of drug-likeness (QED) is 0.453. The zero-order chi connectivity index (χ0) is 20.1. The summed E-state index contributed by atoms with van der Waals surface area (Å²) in [5.41, 5.74) is 2.02. The number of thioether (sulfide) groups is 1. The van der Waals surface area contributed by atoms with Gasteiger partial charge in [0.25, 0.3) is 0 Å². The minimum absolute atomic E-state index is 0.0462. The van der Waals surface area contributed by atoms with E-state index in [4.69, 9.17) is 11.6 Å². The van der Waals surface area contributed by atoms with Crippen molar-refractivity contribution >= 4 is 40.7 Å². The van der Waals surface area contributed by atoms with Gasteiger partial charge >= 0.3 is 0 Å². The summed E-state index contributed by atoms with van der Waals surface area (Å²) >= 11 is 7.38. The molecule has 0 spiro atoms. The number of nitrogens with zero attached hydrogens (tertiary/aromatic N) is 3. The molecule has 0 bridgehead atoms. The van der Waals surface area contributed by atoms with Crippen LogP contribution in [0.3, 0.4) is 0 Å². The molecule has 28 heavy (non-hydrogen) atoms. The summed E-state index contributed by atoms with van der Waals surface area (Å²) in [7, 11) is 0. The molecule has 0 aliphatic carbocycles. The molecule has 0 fully saturated rings. The number of carbonyl (C=O) groups is 2. The fourth-order valence-electron chi connectivity index (χ4n) is 2.66. The van der Waals surface area contributed by atoms with E-state index in [-0.39, 0.29) is 17.4 Å². The van der Waals surface area contributed by atoms with Gasteiger partial charge in [0.1, 0.15) is 0 Å². The van der Waals surface area contributed by atoms with Gasteiger partial charge in [-0.2, -0.15) is 0 Å². The summed E-state index contributed by atoms with van der Waals surface area (Å²) in [5.74, 6) is 0.663. The van der Waals surface area contributed by atoms with Crippen LogP contribution in [0.5, 0.6) is 0 Å². The molecule has 0 aliphatic heterocycles. The third-order valence-corrected chi connectivity index (χ3v) is 5.20. The van der Waals surface area contributed by atoms with Crippen LogP contribution in [-0.4, -0.2) is 32.2 Å². The highest BCUT2D eigenvalue weighted by Gasteiger charge is 2.15. The summed E-state index contributed by atoms with van der Waals surface area (Å²) in [6.07, 6.45) is 0. The van der Waals surface area contributed by atoms with Gasteiger partial charge in [-0.1, -0.05) is 47.6 Å². The number of anilines is 1. The number of hydrogen-bond donors (Lipinski definition) is 1. The Morgan fingerprint density at radius 3 is 2.64 bits per heavy atom. The van der Waals surface area contributed by atoms with Crippen LogP contribution in [0.2, 0.25) is 5.02 Å². The zero-order valence-electron chi connectivity index (χ0n) is 15.5. The standard InChI is InChI=1S/C20H19ClN4O2S/c1-3-25-19(15-7-4-8-16(21)10-15)23-24-20(25)28-12-18(27)22-17-9-5-6-14(11-17)13(2)26/h4-11H,3,12H2,1-2H3,(H,22,27). The van der Waals surface area contributed by atoms with E-state index in [1.807, 2.05) is 29.7 Å². The van der Waals surface area contributed by atoms with Crippen molar-refractivity contribution in [2.24, 2.45) is 0 Å². The number of aromatic nitrogens is 3. The molecule has 2 aromatic carbocycles. The van der Waals surface area contributed by atoms with Crippen molar-refractivity contribution in [1.29, 1.82) is 0 Å². The fourth-order valence-corrected chi connectivity index (χ4v) is 3.66. The van der Waals surface area contributed by atoms with Crippen molar-refractivity contribution in [2.75, 3.05) is 11.1 Å². The predicted octanol–water partition coefficient (Wildman–Crippen LogP) is 4.55. The maximum atomic E-state index is 12.3. The number of benzene rings is 2. The van der Waals surface area contributed by atoms with E-state index in [0.29, 0.717) is 33.8 Å². The van der Waals surface area contributed by atoms with Crippen LogP contribution < -0.4 is 5.32 Å². The second-order valence-electron chi connectivity index (χ2n) is 6.03. The number of Topliss-reactive ketones (excluding diaryl/α,β-unsaturated/α-hetero) is 1. The van der Waals surface area contributed by atoms with Gasteiger partial charge in [-0.15, -0.1) is 10.2 Å². The van der Waals surface area contributed by atoms with Crippen LogP contribution in [0.4, 0.5) is 5.69 Å². The topological polar surface area (TPSA) is 76.9 Å². The molecular weight excluding hydrogens is 396 g/mol. The minimum atomic E-state index is -0.180. The minimum Gasteiger partial charge on any atom is -0.325 e. The van der Waals surface area contributed by atoms with Crippen molar-refractivity contribution in [2.45, 2.75) is 25.5 Å². The van der Waals surface area contributed by atoms with Crippen molar-refractivity contribution < 1.29 is 9.59 Å². The van der Waals surface area contributed by atoms with Gasteiger partial charge in [-0.25, -0.2) is 0 Å². The highest BCUT2D eigenvalue weighted by Crippen LogP contribution is 2.26. The Bertz CT molecular complexity index is 1020. The lowest BCUT2D eigenvalue weighted by molar-refractivity contribution is -0.113. The van der Waals surface area contributed by atoms with Crippen molar-refractivity contribution in [1.82, 2.24) is 14.8 Å². The van der Waals surface area contributed by atoms with Crippen molar-refractivity contribution in [3.8, 4) is 11.4 Å². The molecule has 8 heteroatoms. The van der Waals surface area contributed by atoms with Crippen LogP contribution in [0, 0.1) is 0 Å². The molecule has 0 radical (unpaired) electrons. The number of halogens is 1. The average molecular weight is 415 g/mol. The van der Waals surface area contributed by atoms with Gasteiger partial charge in [-0.05, 0) is 38.1 Å². The smallest absolute Gasteiger partial charge is 0.234 e. The second kappa shape index (κ2) is 9.03. The van der Waals surface area contributed by atoms with Gasteiger partial charge in [0, 0.05) is 28.4 Å². The largest absolute Gasteiger partial charge is 0.325 e. The normalized spacial score (nSPS) is 10.7. The average Bonchev–Trinajstić information content (AvgIpc) is 3.09. The molecule has 6 nitrogen and oxygen atoms in total. The Morgan fingerprint density at radius 2 is 1.93 bits per heavy atom. The van der Waals surface area contributed by atoms with E-state index in [1.54, 1.807) is 30.3 Å². The summed E-state index contributed by atoms with van der Waals surface area (Å²) < 4.78 is 1.94. The Kier molecular flexibility index (Phi) is 6.49. The lowest BCUT2D eigenvalue weighted by Crippen LogP contribution is -2.15. The monoisotopic (exact) mass is 414 g/mol. The Morgan fingerprint density at radius 1 is 1.14 bits per heavy atom. The van der Waals surface area contributed by atoms with Crippen LogP contribution in [0.25, 0.3) is 11.4 Å². The first kappa shape index (κ1) is 20.1. The van der Waals surface area contributed by atoms with Gasteiger partial charge in [0.15, 0.2) is 16.8 Å². The molecular formula is C20H19ClN4O2S. The highest BCUT2D eigenvalue weighted by molar-refractivity contribution is 7.99. The molecule has 1 N–H and O–H groups in total. The lowest BCUT2D eigenvalue weighted by atomic mass is 10.1. The van der Waals surface area contributed by atoms with Crippen LogP contribution in [-0.2, 0) is 11.3 Å². The molecule has 1 amide bonds. The van der Waals surface area contributed by atoms with Gasteiger partial charge < -0.3 is 9.88 Å². The molecule has 3 aromatic rings. The highest BCUT2D eigenvalue weighted by atomic mass is 35.5. The van der Waals surface area contributed by atoms with E-state index in [1.165, 1.54) is 18.7 Å². The van der Waals surface area contributed by atoms with E-state index < -0.39 is 0 Å². The zero-order valence-corrected chi connectivity index (χ0v) is 17.0. The van der Waals surface area contributed by atoms with Crippen molar-refractivity contribution in [3.63, 3.8) is 0 Å². The Hall–Kier alpha value is -2.64. The maximum Gasteiger partial charge on any atom is 0.234 e. The van der Waals surface area contributed by atoms with Gasteiger partial charge in [0.2, 0.25) is 5.91 Å². The molecule has 144 valence electrons. The molecule has 3 rings (SSSR count). The molecule has 1 heterocycles. The van der Waals surface area contributed by atoms with Crippen LogP contribution in [0.15, 0.2) is 53.7 Å². The molecule has 1 aromatic heterocycles. The Labute approximate surface area is 172 Å². The van der Waals surface area contributed by atoms with Crippen molar-refractivity contribution in [3.05, 3.63) is 59.1 Å². The second-order valence-corrected chi connectivity index (χ2v) is 7.41. The van der Waals surface area contributed by atoms with Gasteiger partial charge in [0.05, 0.1) is 5.75 Å². The van der Waals surface area contributed by atoms with E-state index in [9.17, 15) is 9.59 Å². The third kappa shape index (κ3) is 4.79. The number of carbonyl (C=O) groups excluding carboxylic acids is 2. The number of rotatable bonds is 7. The summed E-state index contributed by atoms with van der Waals surface area (Å²) in [6.45, 7) is 4.15. The van der Waals surface area contributed by atoms with E-state index >= 15 is 0 Å². The molecule has 0 saturated carbocycles. The first-order valence-electron chi connectivity index (χ1n) is 8.70. The summed E-state index contributed by atoms with van der Waals surface area (Å²) in [5, 5.41) is 12.6. The Balaban J connectivity index is 1.68. The molecule has 0 atom stereocenters. The lowest BCUT2D eigenvalue weighted by Gasteiger charge is -2.08. The third-order valence-electron chi connectivity index (χ3n) is 4.00. The number of amides is 1. The first-order valence-corrected chi connectivity index (χ1v) is 10.1. The first-order chi connectivity index (χ1) is 13.5. The molecule has 0 saturated heterocycles. The maximum absolute atomic E-state index is 12.3. The van der Waals surface area contributed by atoms with E-state index in [2.05, 4.69) is 15.5 Å². The number of nitrogens with one attached hydrogen (secondary N) is 1. The SMILES string of the molecule is CCn1c(SCC(=O)Nc2cccc(C(C)=O)c2)nnc1-c1cccc(Cl)c1. The summed E-state index contributed by atoms with van der Waals surface area (Å²) in [4.78, 5) is 23.8. The molecule has 0 unspecified atom stereocenters.